The Balaban J connectivity index is 1.37. The Kier molecular flexibility index (Phi) is 8.07. The molecule has 0 spiro atoms. The standard InChI is InChI=1S/C24H32F3N5O2/c25-24(26,27)20-16-18(29-21(33)17-8-2-1-3-9-17)10-11-19(20)22-30-31-23(34-22)28-12-4-5-13-32-14-6-7-15-32/h10-11,16-17H,1-9,12-15H2,(H,28,31)(H,29,33). The van der Waals surface area contributed by atoms with Gasteiger partial charge >= 0.3 is 12.2 Å². The maximum absolute atomic E-state index is 13.8. The Hall–Kier alpha value is -2.62. The molecule has 1 amide bonds. The van der Waals surface area contributed by atoms with E-state index in [1.807, 2.05) is 0 Å². The van der Waals surface area contributed by atoms with E-state index in [4.69, 9.17) is 4.42 Å². The summed E-state index contributed by atoms with van der Waals surface area (Å²) in [4.78, 5) is 14.9. The zero-order valence-electron chi connectivity index (χ0n) is 19.3. The summed E-state index contributed by atoms with van der Waals surface area (Å²) >= 11 is 0. The van der Waals surface area contributed by atoms with Gasteiger partial charge in [-0.05, 0) is 76.4 Å². The van der Waals surface area contributed by atoms with Crippen LogP contribution in [-0.2, 0) is 11.0 Å². The van der Waals surface area contributed by atoms with E-state index in [1.165, 1.54) is 25.0 Å². The van der Waals surface area contributed by atoms with Gasteiger partial charge in [-0.2, -0.15) is 13.2 Å². The van der Waals surface area contributed by atoms with Crippen LogP contribution in [0.3, 0.4) is 0 Å². The van der Waals surface area contributed by atoms with Crippen molar-refractivity contribution in [2.45, 2.75) is 64.0 Å². The molecule has 2 aliphatic rings. The summed E-state index contributed by atoms with van der Waals surface area (Å²) in [6.07, 6.45) is 4.38. The van der Waals surface area contributed by atoms with Gasteiger partial charge in [0.25, 0.3) is 0 Å². The molecular formula is C24H32F3N5O2. The molecule has 7 nitrogen and oxygen atoms in total. The highest BCUT2D eigenvalue weighted by atomic mass is 19.4. The maximum Gasteiger partial charge on any atom is 0.417 e. The van der Waals surface area contributed by atoms with Crippen LogP contribution in [0.4, 0.5) is 24.9 Å². The highest BCUT2D eigenvalue weighted by Crippen LogP contribution is 2.39. The maximum atomic E-state index is 13.8. The summed E-state index contributed by atoms with van der Waals surface area (Å²) in [5.74, 6) is -0.589. The fourth-order valence-corrected chi connectivity index (χ4v) is 4.72. The fourth-order valence-electron chi connectivity index (χ4n) is 4.72. The number of likely N-dealkylation sites (tertiary alicyclic amines) is 1. The monoisotopic (exact) mass is 479 g/mol. The van der Waals surface area contributed by atoms with Gasteiger partial charge in [-0.3, -0.25) is 4.79 Å². The van der Waals surface area contributed by atoms with E-state index in [2.05, 4.69) is 25.7 Å². The van der Waals surface area contributed by atoms with Gasteiger partial charge in [-0.25, -0.2) is 0 Å². The van der Waals surface area contributed by atoms with E-state index in [9.17, 15) is 18.0 Å². The SMILES string of the molecule is O=C(Nc1ccc(-c2nnc(NCCCCN3CCCC3)o2)c(C(F)(F)F)c1)C1CCCCC1. The summed E-state index contributed by atoms with van der Waals surface area (Å²) in [6.45, 7) is 3.97. The Morgan fingerprint density at radius 1 is 1.06 bits per heavy atom. The highest BCUT2D eigenvalue weighted by Gasteiger charge is 2.36. The van der Waals surface area contributed by atoms with Gasteiger partial charge in [0.2, 0.25) is 11.8 Å². The lowest BCUT2D eigenvalue weighted by Crippen LogP contribution is -2.25. The molecule has 186 valence electrons. The van der Waals surface area contributed by atoms with Gasteiger partial charge < -0.3 is 20.0 Å². The van der Waals surface area contributed by atoms with Crippen molar-refractivity contribution in [3.8, 4) is 11.5 Å². The van der Waals surface area contributed by atoms with Crippen LogP contribution in [0.1, 0.15) is 63.4 Å². The third kappa shape index (κ3) is 6.49. The molecule has 1 aromatic heterocycles. The molecule has 0 radical (unpaired) electrons. The summed E-state index contributed by atoms with van der Waals surface area (Å²) in [5.41, 5.74) is -1.02. The van der Waals surface area contributed by atoms with Crippen LogP contribution in [0, 0.1) is 5.92 Å². The second-order valence-electron chi connectivity index (χ2n) is 9.18. The second kappa shape index (κ2) is 11.2. The van der Waals surface area contributed by atoms with Crippen LogP contribution in [-0.4, -0.2) is 47.2 Å². The zero-order chi connectivity index (χ0) is 24.0. The second-order valence-corrected chi connectivity index (χ2v) is 9.18. The topological polar surface area (TPSA) is 83.3 Å². The van der Waals surface area contributed by atoms with Gasteiger partial charge in [0, 0.05) is 18.2 Å². The number of alkyl halides is 3. The number of aromatic nitrogens is 2. The first-order valence-corrected chi connectivity index (χ1v) is 12.2. The Morgan fingerprint density at radius 3 is 2.56 bits per heavy atom. The predicted molar refractivity (Wildman–Crippen MR) is 123 cm³/mol. The van der Waals surface area contributed by atoms with E-state index in [0.717, 1.165) is 70.6 Å². The van der Waals surface area contributed by atoms with Crippen molar-refractivity contribution in [3.63, 3.8) is 0 Å². The lowest BCUT2D eigenvalue weighted by molar-refractivity contribution is -0.137. The molecule has 10 heteroatoms. The van der Waals surface area contributed by atoms with Gasteiger partial charge in [0.15, 0.2) is 0 Å². The Labute approximate surface area is 197 Å². The van der Waals surface area contributed by atoms with Crippen LogP contribution >= 0.6 is 0 Å². The van der Waals surface area contributed by atoms with Crippen molar-refractivity contribution in [1.82, 2.24) is 15.1 Å². The normalized spacial score (nSPS) is 17.7. The van der Waals surface area contributed by atoms with Gasteiger partial charge in [-0.1, -0.05) is 24.4 Å². The summed E-state index contributed by atoms with van der Waals surface area (Å²) in [5, 5.41) is 13.3. The average Bonchev–Trinajstić information content (AvgIpc) is 3.51. The van der Waals surface area contributed by atoms with E-state index in [-0.39, 0.29) is 35.0 Å². The molecule has 1 saturated carbocycles. The molecule has 1 saturated heterocycles. The third-order valence-electron chi connectivity index (χ3n) is 6.60. The minimum Gasteiger partial charge on any atom is -0.403 e. The molecule has 2 fully saturated rings. The van der Waals surface area contributed by atoms with Crippen molar-refractivity contribution < 1.29 is 22.4 Å². The van der Waals surface area contributed by atoms with E-state index in [0.29, 0.717) is 6.54 Å². The molecule has 1 aliphatic carbocycles. The van der Waals surface area contributed by atoms with Crippen molar-refractivity contribution in [2.24, 2.45) is 5.92 Å². The minimum atomic E-state index is -4.64. The summed E-state index contributed by atoms with van der Waals surface area (Å²) in [7, 11) is 0. The molecule has 2 N–H and O–H groups in total. The number of hydrogen-bond donors (Lipinski definition) is 2. The quantitative estimate of drug-likeness (QED) is 0.458. The van der Waals surface area contributed by atoms with Crippen LogP contribution in [0.15, 0.2) is 22.6 Å². The number of hydrogen-bond acceptors (Lipinski definition) is 6. The first kappa shape index (κ1) is 24.5. The fraction of sp³-hybridized carbons (Fsp3) is 0.625. The molecule has 4 rings (SSSR count). The Bertz CT molecular complexity index is 950. The van der Waals surface area contributed by atoms with Gasteiger partial charge in [0.05, 0.1) is 11.1 Å². The number of halogens is 3. The van der Waals surface area contributed by atoms with E-state index < -0.39 is 11.7 Å². The molecule has 0 bridgehead atoms. The van der Waals surface area contributed by atoms with E-state index in [1.54, 1.807) is 0 Å². The molecule has 2 heterocycles. The first-order valence-electron chi connectivity index (χ1n) is 12.2. The number of benzene rings is 1. The molecular weight excluding hydrogens is 447 g/mol. The van der Waals surface area contributed by atoms with Gasteiger partial charge in [0.1, 0.15) is 0 Å². The summed E-state index contributed by atoms with van der Waals surface area (Å²) in [6, 6.07) is 3.75. The van der Waals surface area contributed by atoms with Crippen molar-refractivity contribution in [2.75, 3.05) is 36.8 Å². The number of carbonyl (C=O) groups is 1. The van der Waals surface area contributed by atoms with Crippen LogP contribution in [0.25, 0.3) is 11.5 Å². The highest BCUT2D eigenvalue weighted by molar-refractivity contribution is 5.93. The van der Waals surface area contributed by atoms with Crippen LogP contribution in [0.5, 0.6) is 0 Å². The van der Waals surface area contributed by atoms with Crippen LogP contribution in [0.2, 0.25) is 0 Å². The number of nitrogens with zero attached hydrogens (tertiary/aromatic N) is 3. The first-order chi connectivity index (χ1) is 16.4. The molecule has 0 unspecified atom stereocenters. The number of unbranched alkanes of at least 4 members (excludes halogenated alkanes) is 1. The van der Waals surface area contributed by atoms with Crippen molar-refractivity contribution in [3.05, 3.63) is 23.8 Å². The molecule has 1 aliphatic heterocycles. The molecule has 2 aromatic rings. The Morgan fingerprint density at radius 2 is 1.82 bits per heavy atom. The smallest absolute Gasteiger partial charge is 0.403 e. The van der Waals surface area contributed by atoms with Crippen LogP contribution < -0.4 is 10.6 Å². The van der Waals surface area contributed by atoms with Crippen molar-refractivity contribution in [1.29, 1.82) is 0 Å². The van der Waals surface area contributed by atoms with Gasteiger partial charge in [-0.15, -0.1) is 5.10 Å². The number of nitrogens with one attached hydrogen (secondary N) is 2. The number of anilines is 2. The lowest BCUT2D eigenvalue weighted by Gasteiger charge is -2.21. The lowest BCUT2D eigenvalue weighted by atomic mass is 9.88. The number of amides is 1. The third-order valence-corrected chi connectivity index (χ3v) is 6.60. The van der Waals surface area contributed by atoms with E-state index >= 15 is 0 Å². The predicted octanol–water partition coefficient (Wildman–Crippen LogP) is 5.56. The molecule has 1 aromatic carbocycles. The zero-order valence-corrected chi connectivity index (χ0v) is 19.3. The largest absolute Gasteiger partial charge is 0.417 e. The summed E-state index contributed by atoms with van der Waals surface area (Å²) < 4.78 is 46.9. The number of carbonyl (C=O) groups excluding carboxylic acids is 1. The van der Waals surface area contributed by atoms with Crippen molar-refractivity contribution >= 4 is 17.6 Å². The number of rotatable bonds is 9. The average molecular weight is 480 g/mol. The minimum absolute atomic E-state index is 0.0963. The molecule has 34 heavy (non-hydrogen) atoms. The molecule has 0 atom stereocenters.